The molecule has 0 unspecified atom stereocenters. The van der Waals surface area contributed by atoms with Gasteiger partial charge in [-0.1, -0.05) is 15.9 Å². The Morgan fingerprint density at radius 2 is 2.29 bits per heavy atom. The Balaban J connectivity index is 2.22. The first-order valence-corrected chi connectivity index (χ1v) is 5.85. The summed E-state index contributed by atoms with van der Waals surface area (Å²) in [5.74, 6) is 0. The van der Waals surface area contributed by atoms with Gasteiger partial charge in [0.2, 0.25) is 0 Å². The second-order valence-electron chi connectivity index (χ2n) is 2.93. The van der Waals surface area contributed by atoms with Crippen LogP contribution in [-0.2, 0) is 0 Å². The molecule has 1 heterocycles. The number of nitrogens with zero attached hydrogens (tertiary/aromatic N) is 1. The largest absolute Gasteiger partial charge is 0.332 e. The normalized spacial score (nSPS) is 10.1. The maximum atomic E-state index is 4.16. The molecule has 0 saturated heterocycles. The van der Waals surface area contributed by atoms with Gasteiger partial charge in [0.1, 0.15) is 0 Å². The predicted octanol–water partition coefficient (Wildman–Crippen LogP) is 3.96. The third-order valence-corrected chi connectivity index (χ3v) is 3.42. The first-order chi connectivity index (χ1) is 6.75. The van der Waals surface area contributed by atoms with Crippen molar-refractivity contribution in [3.63, 3.8) is 0 Å². The molecule has 4 heteroatoms. The first kappa shape index (κ1) is 9.68. The molecule has 1 aromatic carbocycles. The third kappa shape index (κ3) is 2.13. The molecule has 0 aliphatic heterocycles. The minimum atomic E-state index is 0.923. The van der Waals surface area contributed by atoms with Gasteiger partial charge in [-0.15, -0.1) is 11.3 Å². The lowest BCUT2D eigenvalue weighted by Crippen LogP contribution is -1.89. The Morgan fingerprint density at radius 3 is 2.93 bits per heavy atom. The van der Waals surface area contributed by atoms with Crippen molar-refractivity contribution in [2.45, 2.75) is 6.92 Å². The van der Waals surface area contributed by atoms with E-state index in [1.165, 1.54) is 5.56 Å². The van der Waals surface area contributed by atoms with Crippen molar-refractivity contribution in [2.24, 2.45) is 0 Å². The minimum Gasteiger partial charge on any atom is -0.332 e. The van der Waals surface area contributed by atoms with Gasteiger partial charge in [0.15, 0.2) is 5.13 Å². The van der Waals surface area contributed by atoms with E-state index in [1.54, 1.807) is 17.5 Å². The van der Waals surface area contributed by atoms with E-state index < -0.39 is 0 Å². The average Bonchev–Trinajstić information content (AvgIpc) is 2.64. The van der Waals surface area contributed by atoms with Gasteiger partial charge >= 0.3 is 0 Å². The molecule has 0 radical (unpaired) electrons. The number of rotatable bonds is 2. The van der Waals surface area contributed by atoms with Crippen LogP contribution in [0.2, 0.25) is 0 Å². The van der Waals surface area contributed by atoms with Crippen LogP contribution in [0.4, 0.5) is 10.8 Å². The van der Waals surface area contributed by atoms with Crippen LogP contribution in [0.15, 0.2) is 34.2 Å². The molecule has 2 aromatic rings. The van der Waals surface area contributed by atoms with Crippen LogP contribution >= 0.6 is 27.3 Å². The topological polar surface area (TPSA) is 24.9 Å². The maximum absolute atomic E-state index is 4.16. The Hall–Kier alpha value is -0.870. The molecule has 0 atom stereocenters. The molecule has 1 N–H and O–H groups in total. The van der Waals surface area contributed by atoms with E-state index in [0.29, 0.717) is 0 Å². The molecule has 2 rings (SSSR count). The quantitative estimate of drug-likeness (QED) is 0.892. The predicted molar refractivity (Wildman–Crippen MR) is 64.3 cm³/mol. The number of hydrogen-bond donors (Lipinski definition) is 1. The van der Waals surface area contributed by atoms with Gasteiger partial charge in [0.25, 0.3) is 0 Å². The van der Waals surface area contributed by atoms with Gasteiger partial charge < -0.3 is 5.32 Å². The molecule has 1 aromatic heterocycles. The fourth-order valence-corrected chi connectivity index (χ4v) is 1.93. The van der Waals surface area contributed by atoms with E-state index in [9.17, 15) is 0 Å². The highest BCUT2D eigenvalue weighted by Gasteiger charge is 1.98. The molecular formula is C10H9BrN2S. The summed E-state index contributed by atoms with van der Waals surface area (Å²) in [5, 5.41) is 6.11. The molecule has 0 aliphatic rings. The van der Waals surface area contributed by atoms with E-state index in [-0.39, 0.29) is 0 Å². The average molecular weight is 269 g/mol. The second kappa shape index (κ2) is 4.11. The monoisotopic (exact) mass is 268 g/mol. The maximum Gasteiger partial charge on any atom is 0.187 e. The van der Waals surface area contributed by atoms with Gasteiger partial charge in [-0.2, -0.15) is 0 Å². The zero-order valence-electron chi connectivity index (χ0n) is 7.62. The van der Waals surface area contributed by atoms with E-state index >= 15 is 0 Å². The number of aryl methyl sites for hydroxylation is 1. The molecule has 0 aliphatic carbocycles. The van der Waals surface area contributed by atoms with Crippen molar-refractivity contribution >= 4 is 38.1 Å². The first-order valence-electron chi connectivity index (χ1n) is 4.18. The second-order valence-corrected chi connectivity index (χ2v) is 4.68. The van der Waals surface area contributed by atoms with Gasteiger partial charge in [0, 0.05) is 21.7 Å². The van der Waals surface area contributed by atoms with Crippen LogP contribution < -0.4 is 5.32 Å². The summed E-state index contributed by atoms with van der Waals surface area (Å²) in [7, 11) is 0. The molecule has 2 nitrogen and oxygen atoms in total. The summed E-state index contributed by atoms with van der Waals surface area (Å²) in [6, 6.07) is 6.15. The van der Waals surface area contributed by atoms with Crippen molar-refractivity contribution < 1.29 is 0 Å². The number of nitrogens with one attached hydrogen (secondary N) is 1. The minimum absolute atomic E-state index is 0.923. The molecular weight excluding hydrogens is 260 g/mol. The smallest absolute Gasteiger partial charge is 0.187 e. The molecule has 0 bridgehead atoms. The zero-order chi connectivity index (χ0) is 9.97. The summed E-state index contributed by atoms with van der Waals surface area (Å²) in [5.41, 5.74) is 2.28. The molecule has 0 amide bonds. The summed E-state index contributed by atoms with van der Waals surface area (Å²) in [4.78, 5) is 4.16. The molecule has 14 heavy (non-hydrogen) atoms. The number of anilines is 2. The Morgan fingerprint density at radius 1 is 1.43 bits per heavy atom. The fourth-order valence-electron chi connectivity index (χ4n) is 1.13. The van der Waals surface area contributed by atoms with E-state index in [4.69, 9.17) is 0 Å². The van der Waals surface area contributed by atoms with Gasteiger partial charge in [-0.05, 0) is 30.7 Å². The van der Waals surface area contributed by atoms with Crippen LogP contribution in [0.3, 0.4) is 0 Å². The number of aromatic nitrogens is 1. The Labute approximate surface area is 95.1 Å². The van der Waals surface area contributed by atoms with Crippen molar-refractivity contribution in [1.29, 1.82) is 0 Å². The molecule has 72 valence electrons. The Bertz CT molecular complexity index is 426. The highest BCUT2D eigenvalue weighted by Crippen LogP contribution is 2.23. The number of halogens is 1. The number of thiazole rings is 1. The van der Waals surface area contributed by atoms with Crippen LogP contribution in [-0.4, -0.2) is 4.98 Å². The lowest BCUT2D eigenvalue weighted by molar-refractivity contribution is 1.37. The van der Waals surface area contributed by atoms with Crippen LogP contribution in [0.25, 0.3) is 0 Å². The van der Waals surface area contributed by atoms with Crippen molar-refractivity contribution in [3.8, 4) is 0 Å². The fraction of sp³-hybridized carbons (Fsp3) is 0.100. The summed E-state index contributed by atoms with van der Waals surface area (Å²) in [6.45, 7) is 2.07. The number of benzene rings is 1. The Kier molecular flexibility index (Phi) is 2.84. The highest BCUT2D eigenvalue weighted by molar-refractivity contribution is 9.10. The molecule has 0 fully saturated rings. The van der Waals surface area contributed by atoms with Crippen LogP contribution in [0, 0.1) is 6.92 Å². The van der Waals surface area contributed by atoms with Crippen molar-refractivity contribution in [1.82, 2.24) is 4.98 Å². The van der Waals surface area contributed by atoms with E-state index in [2.05, 4.69) is 39.2 Å². The third-order valence-electron chi connectivity index (χ3n) is 1.84. The highest BCUT2D eigenvalue weighted by atomic mass is 79.9. The summed E-state index contributed by atoms with van der Waals surface area (Å²) < 4.78 is 1.13. The number of hydrogen-bond acceptors (Lipinski definition) is 3. The SMILES string of the molecule is Cc1cc(Nc2nccs2)ccc1Br. The van der Waals surface area contributed by atoms with Crippen molar-refractivity contribution in [2.75, 3.05) is 5.32 Å². The summed E-state index contributed by atoms with van der Waals surface area (Å²) >= 11 is 5.06. The molecule has 0 saturated carbocycles. The summed E-state index contributed by atoms with van der Waals surface area (Å²) in [6.07, 6.45) is 1.79. The van der Waals surface area contributed by atoms with Crippen LogP contribution in [0.1, 0.15) is 5.56 Å². The standard InChI is InChI=1S/C10H9BrN2S/c1-7-6-8(2-3-9(7)11)13-10-12-4-5-14-10/h2-6H,1H3,(H,12,13). The van der Waals surface area contributed by atoms with Crippen molar-refractivity contribution in [3.05, 3.63) is 39.8 Å². The van der Waals surface area contributed by atoms with Gasteiger partial charge in [0.05, 0.1) is 0 Å². The lowest BCUT2D eigenvalue weighted by atomic mass is 10.2. The van der Waals surface area contributed by atoms with Crippen LogP contribution in [0.5, 0.6) is 0 Å². The van der Waals surface area contributed by atoms with E-state index in [0.717, 1.165) is 15.3 Å². The van der Waals surface area contributed by atoms with Gasteiger partial charge in [-0.3, -0.25) is 0 Å². The van der Waals surface area contributed by atoms with E-state index in [1.807, 2.05) is 17.5 Å². The lowest BCUT2D eigenvalue weighted by Gasteiger charge is -2.04. The zero-order valence-corrected chi connectivity index (χ0v) is 10.0. The van der Waals surface area contributed by atoms with Gasteiger partial charge in [-0.25, -0.2) is 4.98 Å². The molecule has 0 spiro atoms.